The zero-order chi connectivity index (χ0) is 13.0. The summed E-state index contributed by atoms with van der Waals surface area (Å²) in [6.07, 6.45) is 4.13. The highest BCUT2D eigenvalue weighted by molar-refractivity contribution is 6.31. The Kier molecular flexibility index (Phi) is 4.20. The molecule has 0 fully saturated rings. The minimum absolute atomic E-state index is 0.655. The molecule has 0 aliphatic rings. The van der Waals surface area contributed by atoms with Gasteiger partial charge in [-0.1, -0.05) is 11.6 Å². The Balaban J connectivity index is 1.85. The minimum atomic E-state index is 0.655. The Morgan fingerprint density at radius 3 is 2.83 bits per heavy atom. The van der Waals surface area contributed by atoms with E-state index in [-0.39, 0.29) is 0 Å². The van der Waals surface area contributed by atoms with Gasteiger partial charge in [-0.15, -0.1) is 0 Å². The van der Waals surface area contributed by atoms with Crippen LogP contribution < -0.4 is 4.74 Å². The molecule has 0 amide bonds. The highest BCUT2D eigenvalue weighted by Crippen LogP contribution is 2.27. The van der Waals surface area contributed by atoms with E-state index in [2.05, 4.69) is 10.1 Å². The van der Waals surface area contributed by atoms with Gasteiger partial charge in [0.25, 0.3) is 0 Å². The van der Waals surface area contributed by atoms with Gasteiger partial charge in [-0.05, 0) is 37.1 Å². The van der Waals surface area contributed by atoms with Crippen molar-refractivity contribution in [1.29, 1.82) is 0 Å². The summed E-state index contributed by atoms with van der Waals surface area (Å²) in [5, 5.41) is 4.82. The second-order valence-corrected chi connectivity index (χ2v) is 4.56. The van der Waals surface area contributed by atoms with E-state index in [1.807, 2.05) is 26.0 Å². The molecular formula is C13H16ClN3O. The standard InChI is InChI=1S/C13H16ClN3O/c1-10-11(2)13(5-4-12(10)14)18-7-3-6-17-9-15-8-16-17/h4-5,8-9H,3,6-7H2,1-2H3. The number of aryl methyl sites for hydroxylation is 1. The second-order valence-electron chi connectivity index (χ2n) is 4.16. The summed E-state index contributed by atoms with van der Waals surface area (Å²) in [5.74, 6) is 0.899. The van der Waals surface area contributed by atoms with Gasteiger partial charge < -0.3 is 4.74 Å². The van der Waals surface area contributed by atoms with Crippen LogP contribution in [0.3, 0.4) is 0 Å². The smallest absolute Gasteiger partial charge is 0.137 e. The van der Waals surface area contributed by atoms with Crippen LogP contribution in [0.25, 0.3) is 0 Å². The van der Waals surface area contributed by atoms with Gasteiger partial charge in [0.05, 0.1) is 6.61 Å². The molecule has 0 aliphatic heterocycles. The zero-order valence-corrected chi connectivity index (χ0v) is 11.3. The van der Waals surface area contributed by atoms with E-state index in [1.54, 1.807) is 11.0 Å². The fourth-order valence-corrected chi connectivity index (χ4v) is 1.88. The van der Waals surface area contributed by atoms with Crippen LogP contribution in [0.1, 0.15) is 17.5 Å². The first kappa shape index (κ1) is 12.9. The fourth-order valence-electron chi connectivity index (χ4n) is 1.68. The van der Waals surface area contributed by atoms with Crippen LogP contribution >= 0.6 is 11.6 Å². The summed E-state index contributed by atoms with van der Waals surface area (Å²) in [5.41, 5.74) is 2.17. The van der Waals surface area contributed by atoms with Gasteiger partial charge in [0, 0.05) is 18.0 Å². The van der Waals surface area contributed by atoms with Gasteiger partial charge in [-0.2, -0.15) is 5.10 Å². The van der Waals surface area contributed by atoms with Crippen molar-refractivity contribution in [2.75, 3.05) is 6.61 Å². The summed E-state index contributed by atoms with van der Waals surface area (Å²) >= 11 is 6.04. The van der Waals surface area contributed by atoms with E-state index in [1.165, 1.54) is 6.33 Å². The van der Waals surface area contributed by atoms with Crippen molar-refractivity contribution in [3.8, 4) is 5.75 Å². The van der Waals surface area contributed by atoms with Gasteiger partial charge in [-0.25, -0.2) is 4.98 Å². The lowest BCUT2D eigenvalue weighted by molar-refractivity contribution is 0.296. The molecule has 2 aromatic rings. The number of ether oxygens (including phenoxy) is 1. The summed E-state index contributed by atoms with van der Waals surface area (Å²) in [7, 11) is 0. The largest absolute Gasteiger partial charge is 0.493 e. The van der Waals surface area contributed by atoms with Crippen LogP contribution in [0.15, 0.2) is 24.8 Å². The van der Waals surface area contributed by atoms with Crippen LogP contribution in [-0.2, 0) is 6.54 Å². The Hall–Kier alpha value is -1.55. The van der Waals surface area contributed by atoms with Gasteiger partial charge in [-0.3, -0.25) is 4.68 Å². The molecule has 2 rings (SSSR count). The molecule has 0 radical (unpaired) electrons. The highest BCUT2D eigenvalue weighted by Gasteiger charge is 2.05. The first-order chi connectivity index (χ1) is 8.68. The second kappa shape index (κ2) is 5.87. The topological polar surface area (TPSA) is 39.9 Å². The predicted octanol–water partition coefficient (Wildman–Crippen LogP) is 3.02. The van der Waals surface area contributed by atoms with Crippen LogP contribution in [0.4, 0.5) is 0 Å². The summed E-state index contributed by atoms with van der Waals surface area (Å²) < 4.78 is 7.55. The van der Waals surface area contributed by atoms with E-state index in [0.29, 0.717) is 6.61 Å². The maximum Gasteiger partial charge on any atom is 0.137 e. The molecule has 0 aliphatic carbocycles. The third-order valence-electron chi connectivity index (χ3n) is 2.93. The lowest BCUT2D eigenvalue weighted by Crippen LogP contribution is -2.05. The number of nitrogens with zero attached hydrogens (tertiary/aromatic N) is 3. The van der Waals surface area contributed by atoms with Crippen molar-refractivity contribution < 1.29 is 4.74 Å². The molecule has 4 nitrogen and oxygen atoms in total. The van der Waals surface area contributed by atoms with Crippen molar-refractivity contribution in [2.24, 2.45) is 0 Å². The number of benzene rings is 1. The maximum absolute atomic E-state index is 6.04. The van der Waals surface area contributed by atoms with E-state index in [9.17, 15) is 0 Å². The molecule has 0 saturated heterocycles. The molecule has 0 spiro atoms. The van der Waals surface area contributed by atoms with Crippen molar-refractivity contribution >= 4 is 11.6 Å². The maximum atomic E-state index is 6.04. The van der Waals surface area contributed by atoms with Crippen molar-refractivity contribution in [1.82, 2.24) is 14.8 Å². The van der Waals surface area contributed by atoms with Crippen molar-refractivity contribution in [2.45, 2.75) is 26.8 Å². The summed E-state index contributed by atoms with van der Waals surface area (Å²) in [6, 6.07) is 3.79. The summed E-state index contributed by atoms with van der Waals surface area (Å²) in [6.45, 7) is 5.49. The van der Waals surface area contributed by atoms with Crippen LogP contribution in [0.2, 0.25) is 5.02 Å². The molecule has 0 unspecified atom stereocenters. The van der Waals surface area contributed by atoms with Crippen LogP contribution in [0.5, 0.6) is 5.75 Å². The van der Waals surface area contributed by atoms with Crippen molar-refractivity contribution in [3.05, 3.63) is 40.9 Å². The van der Waals surface area contributed by atoms with Crippen molar-refractivity contribution in [3.63, 3.8) is 0 Å². The van der Waals surface area contributed by atoms with E-state index in [0.717, 1.165) is 34.9 Å². The molecule has 18 heavy (non-hydrogen) atoms. The molecule has 1 aromatic heterocycles. The average molecular weight is 266 g/mol. The van der Waals surface area contributed by atoms with Gasteiger partial charge in [0.1, 0.15) is 18.4 Å². The number of rotatable bonds is 5. The monoisotopic (exact) mass is 265 g/mol. The van der Waals surface area contributed by atoms with E-state index in [4.69, 9.17) is 16.3 Å². The lowest BCUT2D eigenvalue weighted by Gasteiger charge is -2.11. The Morgan fingerprint density at radius 1 is 1.28 bits per heavy atom. The molecule has 0 N–H and O–H groups in total. The minimum Gasteiger partial charge on any atom is -0.493 e. The first-order valence-electron chi connectivity index (χ1n) is 5.89. The van der Waals surface area contributed by atoms with Gasteiger partial charge in [0.15, 0.2) is 0 Å². The third kappa shape index (κ3) is 3.01. The van der Waals surface area contributed by atoms with E-state index < -0.39 is 0 Å². The molecule has 96 valence electrons. The zero-order valence-electron chi connectivity index (χ0n) is 10.6. The highest BCUT2D eigenvalue weighted by atomic mass is 35.5. The van der Waals surface area contributed by atoms with Gasteiger partial charge >= 0.3 is 0 Å². The normalized spacial score (nSPS) is 10.6. The third-order valence-corrected chi connectivity index (χ3v) is 3.34. The number of halogens is 1. The van der Waals surface area contributed by atoms with Gasteiger partial charge in [0.2, 0.25) is 0 Å². The number of hydrogen-bond donors (Lipinski definition) is 0. The average Bonchev–Trinajstić information content (AvgIpc) is 2.87. The quantitative estimate of drug-likeness (QED) is 0.780. The predicted molar refractivity (Wildman–Crippen MR) is 71.1 cm³/mol. The molecule has 0 saturated carbocycles. The molecular weight excluding hydrogens is 250 g/mol. The Bertz CT molecular complexity index is 511. The first-order valence-corrected chi connectivity index (χ1v) is 6.27. The Labute approximate surface area is 112 Å². The molecule has 1 aromatic carbocycles. The molecule has 5 heteroatoms. The number of aromatic nitrogens is 3. The molecule has 0 atom stereocenters. The SMILES string of the molecule is Cc1c(Cl)ccc(OCCCn2cncn2)c1C. The van der Waals surface area contributed by atoms with Crippen LogP contribution in [0, 0.1) is 13.8 Å². The number of hydrogen-bond acceptors (Lipinski definition) is 3. The Morgan fingerprint density at radius 2 is 2.11 bits per heavy atom. The summed E-state index contributed by atoms with van der Waals surface area (Å²) in [4.78, 5) is 3.89. The molecule has 0 bridgehead atoms. The van der Waals surface area contributed by atoms with Crippen LogP contribution in [-0.4, -0.2) is 21.4 Å². The lowest BCUT2D eigenvalue weighted by atomic mass is 10.1. The molecule has 1 heterocycles. The fraction of sp³-hybridized carbons (Fsp3) is 0.385. The van der Waals surface area contributed by atoms with E-state index >= 15 is 0 Å².